The SMILES string of the molecule is CCOc1ccc(NCc2cc(C)ccc2F)cc1F. The van der Waals surface area contributed by atoms with Gasteiger partial charge in [0, 0.05) is 23.9 Å². The number of rotatable bonds is 5. The number of ether oxygens (including phenoxy) is 1. The molecular weight excluding hydrogens is 260 g/mol. The van der Waals surface area contributed by atoms with Gasteiger partial charge in [-0.2, -0.15) is 0 Å². The third kappa shape index (κ3) is 3.47. The minimum Gasteiger partial charge on any atom is -0.491 e. The van der Waals surface area contributed by atoms with Crippen LogP contribution in [0, 0.1) is 18.6 Å². The van der Waals surface area contributed by atoms with Gasteiger partial charge in [0.15, 0.2) is 11.6 Å². The van der Waals surface area contributed by atoms with Crippen molar-refractivity contribution in [2.45, 2.75) is 20.4 Å². The molecule has 2 nitrogen and oxygen atoms in total. The second kappa shape index (κ2) is 6.37. The summed E-state index contributed by atoms with van der Waals surface area (Å²) in [7, 11) is 0. The maximum atomic E-state index is 13.7. The highest BCUT2D eigenvalue weighted by Crippen LogP contribution is 2.22. The predicted octanol–water partition coefficient (Wildman–Crippen LogP) is 4.28. The highest BCUT2D eigenvalue weighted by atomic mass is 19.1. The van der Waals surface area contributed by atoms with Gasteiger partial charge in [0.2, 0.25) is 0 Å². The summed E-state index contributed by atoms with van der Waals surface area (Å²) in [5.41, 5.74) is 2.13. The molecule has 106 valence electrons. The Kier molecular flexibility index (Phi) is 4.56. The number of nitrogens with one attached hydrogen (secondary N) is 1. The summed E-state index contributed by atoms with van der Waals surface area (Å²) >= 11 is 0. The van der Waals surface area contributed by atoms with Crippen LogP contribution < -0.4 is 10.1 Å². The van der Waals surface area contributed by atoms with E-state index in [1.807, 2.05) is 6.92 Å². The molecule has 0 unspecified atom stereocenters. The van der Waals surface area contributed by atoms with Crippen LogP contribution in [-0.4, -0.2) is 6.61 Å². The van der Waals surface area contributed by atoms with E-state index in [0.717, 1.165) is 5.56 Å². The average Bonchev–Trinajstić information content (AvgIpc) is 2.43. The Balaban J connectivity index is 2.07. The van der Waals surface area contributed by atoms with Crippen LogP contribution in [0.25, 0.3) is 0 Å². The molecule has 0 atom stereocenters. The first-order chi connectivity index (χ1) is 9.60. The summed E-state index contributed by atoms with van der Waals surface area (Å²) in [5.74, 6) is -0.476. The number of benzene rings is 2. The first kappa shape index (κ1) is 14.3. The molecule has 0 aliphatic carbocycles. The fourth-order valence-corrected chi connectivity index (χ4v) is 1.92. The van der Waals surface area contributed by atoms with Crippen LogP contribution in [0.4, 0.5) is 14.5 Å². The van der Waals surface area contributed by atoms with E-state index in [1.54, 1.807) is 31.2 Å². The lowest BCUT2D eigenvalue weighted by molar-refractivity contribution is 0.321. The Morgan fingerprint density at radius 3 is 2.55 bits per heavy atom. The van der Waals surface area contributed by atoms with E-state index < -0.39 is 5.82 Å². The zero-order valence-electron chi connectivity index (χ0n) is 11.5. The Morgan fingerprint density at radius 1 is 1.05 bits per heavy atom. The van der Waals surface area contributed by atoms with Crippen molar-refractivity contribution in [3.8, 4) is 5.75 Å². The third-order valence-electron chi connectivity index (χ3n) is 2.92. The lowest BCUT2D eigenvalue weighted by Gasteiger charge is -2.10. The molecule has 4 heteroatoms. The summed E-state index contributed by atoms with van der Waals surface area (Å²) in [6.45, 7) is 4.42. The third-order valence-corrected chi connectivity index (χ3v) is 2.92. The molecule has 0 aliphatic rings. The van der Waals surface area contributed by atoms with Crippen LogP contribution in [0.1, 0.15) is 18.1 Å². The topological polar surface area (TPSA) is 21.3 Å². The summed E-state index contributed by atoms with van der Waals surface area (Å²) in [5, 5.41) is 3.00. The van der Waals surface area contributed by atoms with Crippen LogP contribution in [0.2, 0.25) is 0 Å². The molecule has 2 rings (SSSR count). The fourth-order valence-electron chi connectivity index (χ4n) is 1.92. The molecular formula is C16H17F2NO. The van der Waals surface area contributed by atoms with Gasteiger partial charge in [-0.25, -0.2) is 8.78 Å². The van der Waals surface area contributed by atoms with E-state index in [1.165, 1.54) is 12.1 Å². The fraction of sp³-hybridized carbons (Fsp3) is 0.250. The monoisotopic (exact) mass is 277 g/mol. The molecule has 0 saturated heterocycles. The van der Waals surface area contributed by atoms with Gasteiger partial charge in [-0.3, -0.25) is 0 Å². The van der Waals surface area contributed by atoms with E-state index in [9.17, 15) is 8.78 Å². The predicted molar refractivity (Wildman–Crippen MR) is 76.0 cm³/mol. The molecule has 0 saturated carbocycles. The first-order valence-electron chi connectivity index (χ1n) is 6.51. The van der Waals surface area contributed by atoms with Crippen LogP contribution in [0.3, 0.4) is 0 Å². The van der Waals surface area contributed by atoms with Gasteiger partial charge >= 0.3 is 0 Å². The molecule has 0 aliphatic heterocycles. The van der Waals surface area contributed by atoms with Crippen molar-refractivity contribution in [3.05, 3.63) is 59.2 Å². The van der Waals surface area contributed by atoms with Gasteiger partial charge in [0.1, 0.15) is 5.82 Å². The Labute approximate surface area is 117 Å². The molecule has 0 heterocycles. The number of aryl methyl sites for hydroxylation is 1. The van der Waals surface area contributed by atoms with Gasteiger partial charge in [-0.15, -0.1) is 0 Å². The molecule has 0 spiro atoms. The second-order valence-electron chi connectivity index (χ2n) is 4.53. The van der Waals surface area contributed by atoms with Gasteiger partial charge < -0.3 is 10.1 Å². The Morgan fingerprint density at radius 2 is 1.85 bits per heavy atom. The largest absolute Gasteiger partial charge is 0.491 e. The first-order valence-corrected chi connectivity index (χ1v) is 6.51. The summed E-state index contributed by atoms with van der Waals surface area (Å²) in [6.07, 6.45) is 0. The number of halogens is 2. The highest BCUT2D eigenvalue weighted by molar-refractivity contribution is 5.47. The molecule has 0 aromatic heterocycles. The van der Waals surface area contributed by atoms with Crippen molar-refractivity contribution in [2.24, 2.45) is 0 Å². The quantitative estimate of drug-likeness (QED) is 0.880. The van der Waals surface area contributed by atoms with E-state index in [0.29, 0.717) is 24.4 Å². The van der Waals surface area contributed by atoms with Crippen molar-refractivity contribution in [2.75, 3.05) is 11.9 Å². The van der Waals surface area contributed by atoms with Crippen molar-refractivity contribution < 1.29 is 13.5 Å². The Hall–Kier alpha value is -2.10. The standard InChI is InChI=1S/C16H17F2NO/c1-3-20-16-7-5-13(9-15(16)18)19-10-12-8-11(2)4-6-14(12)17/h4-9,19H,3,10H2,1-2H3. The lowest BCUT2D eigenvalue weighted by atomic mass is 10.1. The molecule has 20 heavy (non-hydrogen) atoms. The zero-order chi connectivity index (χ0) is 14.5. The average molecular weight is 277 g/mol. The number of anilines is 1. The van der Waals surface area contributed by atoms with E-state index in [4.69, 9.17) is 4.74 Å². The van der Waals surface area contributed by atoms with Gasteiger partial charge in [0.25, 0.3) is 0 Å². The molecule has 2 aromatic carbocycles. The minimum absolute atomic E-state index is 0.222. The molecule has 0 fully saturated rings. The lowest BCUT2D eigenvalue weighted by Crippen LogP contribution is -2.03. The van der Waals surface area contributed by atoms with Crippen LogP contribution in [0.5, 0.6) is 5.75 Å². The van der Waals surface area contributed by atoms with E-state index in [-0.39, 0.29) is 11.6 Å². The number of hydrogen-bond donors (Lipinski definition) is 1. The van der Waals surface area contributed by atoms with Gasteiger partial charge in [-0.05, 0) is 32.0 Å². The van der Waals surface area contributed by atoms with Crippen molar-refractivity contribution in [3.63, 3.8) is 0 Å². The maximum Gasteiger partial charge on any atom is 0.167 e. The van der Waals surface area contributed by atoms with Crippen molar-refractivity contribution in [1.29, 1.82) is 0 Å². The zero-order valence-corrected chi connectivity index (χ0v) is 11.5. The number of hydrogen-bond acceptors (Lipinski definition) is 2. The van der Waals surface area contributed by atoms with Gasteiger partial charge in [0.05, 0.1) is 6.61 Å². The normalized spacial score (nSPS) is 10.4. The van der Waals surface area contributed by atoms with Crippen LogP contribution >= 0.6 is 0 Å². The summed E-state index contributed by atoms with van der Waals surface area (Å²) < 4.78 is 32.4. The molecule has 0 radical (unpaired) electrons. The van der Waals surface area contributed by atoms with Crippen molar-refractivity contribution >= 4 is 5.69 Å². The highest BCUT2D eigenvalue weighted by Gasteiger charge is 2.06. The van der Waals surface area contributed by atoms with Crippen LogP contribution in [0.15, 0.2) is 36.4 Å². The van der Waals surface area contributed by atoms with E-state index >= 15 is 0 Å². The summed E-state index contributed by atoms with van der Waals surface area (Å²) in [6, 6.07) is 9.54. The van der Waals surface area contributed by atoms with Crippen molar-refractivity contribution in [1.82, 2.24) is 0 Å². The molecule has 0 amide bonds. The van der Waals surface area contributed by atoms with E-state index in [2.05, 4.69) is 5.32 Å². The smallest absolute Gasteiger partial charge is 0.167 e. The second-order valence-corrected chi connectivity index (χ2v) is 4.53. The minimum atomic E-state index is -0.429. The Bertz CT molecular complexity index is 599. The molecule has 2 aromatic rings. The summed E-state index contributed by atoms with van der Waals surface area (Å²) in [4.78, 5) is 0. The van der Waals surface area contributed by atoms with Crippen LogP contribution in [-0.2, 0) is 6.54 Å². The molecule has 0 bridgehead atoms. The van der Waals surface area contributed by atoms with Gasteiger partial charge in [-0.1, -0.05) is 17.7 Å². The molecule has 1 N–H and O–H groups in total. The maximum absolute atomic E-state index is 13.7.